The van der Waals surface area contributed by atoms with Gasteiger partial charge in [0.2, 0.25) is 5.91 Å². The van der Waals surface area contributed by atoms with Gasteiger partial charge in [0.1, 0.15) is 0 Å². The lowest BCUT2D eigenvalue weighted by atomic mass is 9.90. The third-order valence-electron chi connectivity index (χ3n) is 1.68. The van der Waals surface area contributed by atoms with E-state index in [2.05, 4.69) is 5.32 Å². The molecule has 0 saturated carbocycles. The van der Waals surface area contributed by atoms with Crippen LogP contribution in [0.1, 0.15) is 13.3 Å². The molecule has 1 aliphatic rings. The molecular weight excluding hydrogens is 104 g/mol. The van der Waals surface area contributed by atoms with Crippen molar-refractivity contribution in [2.45, 2.75) is 18.9 Å². The molecule has 0 aliphatic carbocycles. The molecule has 1 saturated heterocycles. The Kier molecular flexibility index (Phi) is 1.01. The molecule has 0 bridgehead atoms. The second-order valence-corrected chi connectivity index (χ2v) is 2.37. The molecule has 1 rings (SSSR count). The molecule has 0 aromatic rings. The molecular formula is C5H10N2O. The van der Waals surface area contributed by atoms with E-state index in [1.54, 1.807) is 0 Å². The molecule has 1 fully saturated rings. The van der Waals surface area contributed by atoms with Gasteiger partial charge in [0.05, 0.1) is 5.54 Å². The minimum Gasteiger partial charge on any atom is -0.368 e. The standard InChI is InChI=1S/C5H10N2O/c1-5(4(6)8)2-3-7-5/h7H,2-3H2,1H3,(H2,6,8)/t5-/m1/s1. The fraction of sp³-hybridized carbons (Fsp3) is 0.800. The topological polar surface area (TPSA) is 55.1 Å². The number of hydrogen-bond acceptors (Lipinski definition) is 2. The summed E-state index contributed by atoms with van der Waals surface area (Å²) in [6.07, 6.45) is 0.877. The van der Waals surface area contributed by atoms with E-state index >= 15 is 0 Å². The van der Waals surface area contributed by atoms with Crippen molar-refractivity contribution in [2.24, 2.45) is 5.73 Å². The van der Waals surface area contributed by atoms with E-state index in [0.29, 0.717) is 0 Å². The predicted octanol–water partition coefficient (Wildman–Crippen LogP) is -0.776. The van der Waals surface area contributed by atoms with Crippen molar-refractivity contribution < 1.29 is 4.79 Å². The van der Waals surface area contributed by atoms with Crippen molar-refractivity contribution >= 4 is 5.91 Å². The van der Waals surface area contributed by atoms with Crippen molar-refractivity contribution in [3.05, 3.63) is 0 Å². The zero-order valence-electron chi connectivity index (χ0n) is 4.90. The van der Waals surface area contributed by atoms with Gasteiger partial charge in [-0.25, -0.2) is 0 Å². The average Bonchev–Trinajstić information content (AvgIpc) is 1.60. The lowest BCUT2D eigenvalue weighted by Gasteiger charge is -2.36. The van der Waals surface area contributed by atoms with E-state index in [4.69, 9.17) is 5.73 Å². The van der Waals surface area contributed by atoms with Crippen LogP contribution in [0, 0.1) is 0 Å². The van der Waals surface area contributed by atoms with Crippen LogP contribution in [0.3, 0.4) is 0 Å². The van der Waals surface area contributed by atoms with Gasteiger partial charge in [0, 0.05) is 0 Å². The van der Waals surface area contributed by atoms with Crippen LogP contribution >= 0.6 is 0 Å². The maximum atomic E-state index is 10.5. The van der Waals surface area contributed by atoms with Gasteiger partial charge in [-0.1, -0.05) is 0 Å². The monoisotopic (exact) mass is 114 g/mol. The molecule has 1 heterocycles. The Morgan fingerprint density at radius 1 is 1.88 bits per heavy atom. The number of nitrogens with two attached hydrogens (primary N) is 1. The summed E-state index contributed by atoms with van der Waals surface area (Å²) in [6.45, 7) is 2.73. The number of hydrogen-bond donors (Lipinski definition) is 2. The first-order valence-corrected chi connectivity index (χ1v) is 2.70. The van der Waals surface area contributed by atoms with Crippen LogP contribution < -0.4 is 11.1 Å². The lowest BCUT2D eigenvalue weighted by molar-refractivity contribution is -0.126. The molecule has 0 spiro atoms. The lowest BCUT2D eigenvalue weighted by Crippen LogP contribution is -2.62. The molecule has 1 atom stereocenters. The summed E-state index contributed by atoms with van der Waals surface area (Å²) < 4.78 is 0. The smallest absolute Gasteiger partial charge is 0.237 e. The summed E-state index contributed by atoms with van der Waals surface area (Å²) in [7, 11) is 0. The van der Waals surface area contributed by atoms with Crippen molar-refractivity contribution in [3.63, 3.8) is 0 Å². The average molecular weight is 114 g/mol. The Balaban J connectivity index is 2.53. The zero-order chi connectivity index (χ0) is 6.20. The van der Waals surface area contributed by atoms with Crippen LogP contribution in [0.4, 0.5) is 0 Å². The minimum absolute atomic E-state index is 0.247. The highest BCUT2D eigenvalue weighted by Gasteiger charge is 2.36. The number of rotatable bonds is 1. The molecule has 8 heavy (non-hydrogen) atoms. The Morgan fingerprint density at radius 2 is 2.38 bits per heavy atom. The quantitative estimate of drug-likeness (QED) is 0.470. The highest BCUT2D eigenvalue weighted by Crippen LogP contribution is 2.15. The van der Waals surface area contributed by atoms with E-state index in [-0.39, 0.29) is 11.4 Å². The number of amides is 1. The summed E-state index contributed by atoms with van der Waals surface area (Å²) >= 11 is 0. The molecule has 0 unspecified atom stereocenters. The van der Waals surface area contributed by atoms with Crippen LogP contribution in [0.2, 0.25) is 0 Å². The van der Waals surface area contributed by atoms with Gasteiger partial charge in [-0.05, 0) is 19.9 Å². The molecule has 3 heteroatoms. The summed E-state index contributed by atoms with van der Waals surface area (Å²) in [4.78, 5) is 10.5. The Hall–Kier alpha value is -0.570. The van der Waals surface area contributed by atoms with E-state index in [1.807, 2.05) is 6.92 Å². The van der Waals surface area contributed by atoms with Crippen LogP contribution in [0.5, 0.6) is 0 Å². The number of primary amides is 1. The largest absolute Gasteiger partial charge is 0.368 e. The first-order chi connectivity index (χ1) is 3.65. The molecule has 46 valence electrons. The molecule has 1 aliphatic heterocycles. The second-order valence-electron chi connectivity index (χ2n) is 2.37. The molecule has 0 aromatic carbocycles. The number of nitrogens with one attached hydrogen (secondary N) is 1. The van der Waals surface area contributed by atoms with Crippen molar-refractivity contribution in [1.29, 1.82) is 0 Å². The normalized spacial score (nSPS) is 36.1. The summed E-state index contributed by atoms with van der Waals surface area (Å²) in [5, 5.41) is 2.95. The molecule has 3 N–H and O–H groups in total. The summed E-state index contributed by atoms with van der Waals surface area (Å²) in [5.74, 6) is -0.247. The first kappa shape index (κ1) is 5.56. The van der Waals surface area contributed by atoms with Gasteiger partial charge < -0.3 is 11.1 Å². The van der Waals surface area contributed by atoms with Crippen LogP contribution in [-0.2, 0) is 4.79 Å². The Bertz CT molecular complexity index is 118. The summed E-state index contributed by atoms with van der Waals surface area (Å²) in [6, 6.07) is 0. The Morgan fingerprint density at radius 3 is 2.38 bits per heavy atom. The summed E-state index contributed by atoms with van der Waals surface area (Å²) in [5.41, 5.74) is 4.64. The fourth-order valence-corrected chi connectivity index (χ4v) is 0.710. The fourth-order valence-electron chi connectivity index (χ4n) is 0.710. The second kappa shape index (κ2) is 1.45. The number of carbonyl (C=O) groups excluding carboxylic acids is 1. The van der Waals surface area contributed by atoms with E-state index in [1.165, 1.54) is 0 Å². The maximum absolute atomic E-state index is 10.5. The van der Waals surface area contributed by atoms with Gasteiger partial charge in [-0.15, -0.1) is 0 Å². The third-order valence-corrected chi connectivity index (χ3v) is 1.68. The first-order valence-electron chi connectivity index (χ1n) is 2.70. The molecule has 0 radical (unpaired) electrons. The SMILES string of the molecule is C[C@]1(C(N)=O)CCN1. The highest BCUT2D eigenvalue weighted by atomic mass is 16.1. The van der Waals surface area contributed by atoms with E-state index in [0.717, 1.165) is 13.0 Å². The van der Waals surface area contributed by atoms with Gasteiger partial charge >= 0.3 is 0 Å². The molecule has 0 aromatic heterocycles. The maximum Gasteiger partial charge on any atom is 0.237 e. The van der Waals surface area contributed by atoms with Crippen molar-refractivity contribution in [2.75, 3.05) is 6.54 Å². The number of carbonyl (C=O) groups is 1. The minimum atomic E-state index is -0.389. The van der Waals surface area contributed by atoms with Crippen molar-refractivity contribution in [1.82, 2.24) is 5.32 Å². The van der Waals surface area contributed by atoms with Gasteiger partial charge in [0.25, 0.3) is 0 Å². The van der Waals surface area contributed by atoms with E-state index in [9.17, 15) is 4.79 Å². The van der Waals surface area contributed by atoms with Gasteiger partial charge in [-0.3, -0.25) is 4.79 Å². The molecule has 1 amide bonds. The van der Waals surface area contributed by atoms with E-state index < -0.39 is 0 Å². The van der Waals surface area contributed by atoms with Crippen LogP contribution in [-0.4, -0.2) is 18.0 Å². The van der Waals surface area contributed by atoms with Gasteiger partial charge in [0.15, 0.2) is 0 Å². The zero-order valence-corrected chi connectivity index (χ0v) is 4.90. The van der Waals surface area contributed by atoms with Crippen molar-refractivity contribution in [3.8, 4) is 0 Å². The van der Waals surface area contributed by atoms with Crippen LogP contribution in [0.25, 0.3) is 0 Å². The molecule has 3 nitrogen and oxygen atoms in total. The van der Waals surface area contributed by atoms with Gasteiger partial charge in [-0.2, -0.15) is 0 Å². The Labute approximate surface area is 48.2 Å². The van der Waals surface area contributed by atoms with Crippen LogP contribution in [0.15, 0.2) is 0 Å². The third kappa shape index (κ3) is 0.591. The highest BCUT2D eigenvalue weighted by molar-refractivity contribution is 5.85. The predicted molar refractivity (Wildman–Crippen MR) is 30.2 cm³/mol.